The first kappa shape index (κ1) is 20.9. The highest BCUT2D eigenvalue weighted by Gasteiger charge is 2.31. The highest BCUT2D eigenvalue weighted by molar-refractivity contribution is 7.81. The molecule has 0 radical (unpaired) electrons. The van der Waals surface area contributed by atoms with E-state index in [1.54, 1.807) is 12.1 Å². The summed E-state index contributed by atoms with van der Waals surface area (Å²) in [5.41, 5.74) is 0.235. The van der Waals surface area contributed by atoms with Crippen LogP contribution in [0.15, 0.2) is 47.3 Å². The average molecular weight is 443 g/mol. The quantitative estimate of drug-likeness (QED) is 0.600. The molecule has 0 aliphatic rings. The smallest absolute Gasteiger partial charge is 0.506 e. The second kappa shape index (κ2) is 7.57. The fourth-order valence-corrected chi connectivity index (χ4v) is 3.31. The SMILES string of the molecule is CN(C(=S)c1c(O)c2cc(Cl)ccc2n(C)c1=O)c1ccc(OC(F)(F)F)cc1. The summed E-state index contributed by atoms with van der Waals surface area (Å²) in [4.78, 5) is 14.2. The predicted molar refractivity (Wildman–Crippen MR) is 109 cm³/mol. The summed E-state index contributed by atoms with van der Waals surface area (Å²) in [6.07, 6.45) is -4.80. The lowest BCUT2D eigenvalue weighted by molar-refractivity contribution is -0.274. The van der Waals surface area contributed by atoms with Crippen molar-refractivity contribution in [3.63, 3.8) is 0 Å². The molecule has 0 fully saturated rings. The van der Waals surface area contributed by atoms with Gasteiger partial charge in [0.25, 0.3) is 5.56 Å². The number of aromatic nitrogens is 1. The first-order chi connectivity index (χ1) is 13.5. The second-order valence-electron chi connectivity index (χ2n) is 6.16. The van der Waals surface area contributed by atoms with Crippen LogP contribution in [0.5, 0.6) is 11.5 Å². The van der Waals surface area contributed by atoms with Crippen LogP contribution in [-0.2, 0) is 7.05 Å². The van der Waals surface area contributed by atoms with Crippen LogP contribution in [0.25, 0.3) is 10.9 Å². The van der Waals surface area contributed by atoms with E-state index in [1.165, 1.54) is 41.8 Å². The third-order valence-corrected chi connectivity index (χ3v) is 5.02. The van der Waals surface area contributed by atoms with E-state index in [4.69, 9.17) is 23.8 Å². The van der Waals surface area contributed by atoms with Gasteiger partial charge in [0.05, 0.1) is 5.52 Å². The summed E-state index contributed by atoms with van der Waals surface area (Å²) in [5.74, 6) is -0.709. The molecule has 5 nitrogen and oxygen atoms in total. The lowest BCUT2D eigenvalue weighted by Crippen LogP contribution is -2.33. The van der Waals surface area contributed by atoms with Gasteiger partial charge in [-0.2, -0.15) is 0 Å². The fourth-order valence-electron chi connectivity index (χ4n) is 2.85. The van der Waals surface area contributed by atoms with E-state index in [0.717, 1.165) is 12.1 Å². The van der Waals surface area contributed by atoms with Gasteiger partial charge >= 0.3 is 6.36 Å². The molecule has 0 atom stereocenters. The minimum absolute atomic E-state index is 0.00512. The molecule has 0 amide bonds. The zero-order chi connectivity index (χ0) is 21.5. The lowest BCUT2D eigenvalue weighted by Gasteiger charge is -2.22. The Labute approximate surface area is 173 Å². The monoisotopic (exact) mass is 442 g/mol. The normalized spacial score (nSPS) is 11.5. The topological polar surface area (TPSA) is 54.7 Å². The molecular weight excluding hydrogens is 429 g/mol. The molecule has 1 heterocycles. The van der Waals surface area contributed by atoms with E-state index in [9.17, 15) is 23.1 Å². The molecule has 2 aromatic carbocycles. The zero-order valence-electron chi connectivity index (χ0n) is 15.1. The summed E-state index contributed by atoms with van der Waals surface area (Å²) in [6, 6.07) is 9.67. The summed E-state index contributed by atoms with van der Waals surface area (Å²) in [7, 11) is 3.07. The lowest BCUT2D eigenvalue weighted by atomic mass is 10.1. The molecule has 0 spiro atoms. The summed E-state index contributed by atoms with van der Waals surface area (Å²) in [6.45, 7) is 0. The van der Waals surface area contributed by atoms with Crippen molar-refractivity contribution < 1.29 is 23.0 Å². The Kier molecular flexibility index (Phi) is 5.46. The first-order valence-corrected chi connectivity index (χ1v) is 8.93. The molecule has 0 aliphatic heterocycles. The highest BCUT2D eigenvalue weighted by Crippen LogP contribution is 2.31. The number of fused-ring (bicyclic) bond motifs is 1. The van der Waals surface area contributed by atoms with E-state index < -0.39 is 11.9 Å². The molecule has 29 heavy (non-hydrogen) atoms. The molecule has 1 N–H and O–H groups in total. The second-order valence-corrected chi connectivity index (χ2v) is 6.98. The molecule has 3 rings (SSSR count). The minimum atomic E-state index is -4.80. The number of rotatable bonds is 3. The van der Waals surface area contributed by atoms with Gasteiger partial charge in [0.1, 0.15) is 22.1 Å². The van der Waals surface area contributed by atoms with Gasteiger partial charge in [0, 0.05) is 30.2 Å². The number of anilines is 1. The van der Waals surface area contributed by atoms with Gasteiger partial charge in [-0.25, -0.2) is 0 Å². The van der Waals surface area contributed by atoms with Crippen LogP contribution >= 0.6 is 23.8 Å². The Bertz CT molecular complexity index is 1160. The van der Waals surface area contributed by atoms with E-state index in [0.29, 0.717) is 21.6 Å². The van der Waals surface area contributed by atoms with Crippen molar-refractivity contribution in [2.75, 3.05) is 11.9 Å². The van der Waals surface area contributed by atoms with Gasteiger partial charge in [-0.05, 0) is 42.5 Å². The Morgan fingerprint density at radius 2 is 1.83 bits per heavy atom. The third-order valence-electron chi connectivity index (χ3n) is 4.31. The number of nitrogens with zero attached hydrogens (tertiary/aromatic N) is 2. The van der Waals surface area contributed by atoms with Crippen molar-refractivity contribution in [3.8, 4) is 11.5 Å². The van der Waals surface area contributed by atoms with Crippen molar-refractivity contribution in [1.82, 2.24) is 4.57 Å². The number of aromatic hydroxyl groups is 1. The van der Waals surface area contributed by atoms with Gasteiger partial charge in [-0.1, -0.05) is 23.8 Å². The number of ether oxygens (including phenoxy) is 1. The number of hydrogen-bond acceptors (Lipinski definition) is 4. The third kappa shape index (κ3) is 4.15. The van der Waals surface area contributed by atoms with Crippen LogP contribution in [-0.4, -0.2) is 28.1 Å². The molecule has 0 saturated carbocycles. The van der Waals surface area contributed by atoms with Gasteiger partial charge in [0.15, 0.2) is 0 Å². The zero-order valence-corrected chi connectivity index (χ0v) is 16.7. The molecule has 0 aliphatic carbocycles. The van der Waals surface area contributed by atoms with Gasteiger partial charge in [-0.3, -0.25) is 4.79 Å². The number of halogens is 4. The Balaban J connectivity index is 2.02. The van der Waals surface area contributed by atoms with Gasteiger partial charge in [0.2, 0.25) is 0 Å². The van der Waals surface area contributed by atoms with Crippen molar-refractivity contribution in [2.45, 2.75) is 6.36 Å². The number of pyridine rings is 1. The number of thiocarbonyl (C=S) groups is 1. The van der Waals surface area contributed by atoms with Crippen LogP contribution < -0.4 is 15.2 Å². The Hall–Kier alpha value is -2.78. The van der Waals surface area contributed by atoms with Gasteiger partial charge < -0.3 is 19.3 Å². The van der Waals surface area contributed by atoms with E-state index >= 15 is 0 Å². The number of aryl methyl sites for hydroxylation is 1. The van der Waals surface area contributed by atoms with Crippen LogP contribution in [0.2, 0.25) is 5.02 Å². The van der Waals surface area contributed by atoms with Crippen LogP contribution in [0, 0.1) is 0 Å². The number of hydrogen-bond donors (Lipinski definition) is 1. The van der Waals surface area contributed by atoms with Crippen molar-refractivity contribution in [3.05, 3.63) is 63.4 Å². The van der Waals surface area contributed by atoms with Gasteiger partial charge in [-0.15, -0.1) is 13.2 Å². The number of alkyl halides is 3. The molecular formula is C19H14ClF3N2O3S. The van der Waals surface area contributed by atoms with E-state index in [-0.39, 0.29) is 22.1 Å². The molecule has 1 aromatic heterocycles. The summed E-state index contributed by atoms with van der Waals surface area (Å²) >= 11 is 11.4. The van der Waals surface area contributed by atoms with Crippen LogP contribution in [0.3, 0.4) is 0 Å². The minimum Gasteiger partial charge on any atom is -0.506 e. The fraction of sp³-hybridized carbons (Fsp3) is 0.158. The maximum absolute atomic E-state index is 12.8. The van der Waals surface area contributed by atoms with Crippen LogP contribution in [0.1, 0.15) is 5.56 Å². The van der Waals surface area contributed by atoms with Crippen molar-refractivity contribution in [1.29, 1.82) is 0 Å². The summed E-state index contributed by atoms with van der Waals surface area (Å²) < 4.78 is 42.1. The Morgan fingerprint density at radius 1 is 1.21 bits per heavy atom. The molecule has 152 valence electrons. The first-order valence-electron chi connectivity index (χ1n) is 8.14. The number of benzene rings is 2. The molecule has 0 saturated heterocycles. The van der Waals surface area contributed by atoms with E-state index in [1.807, 2.05) is 0 Å². The maximum Gasteiger partial charge on any atom is 0.573 e. The van der Waals surface area contributed by atoms with Crippen molar-refractivity contribution in [2.24, 2.45) is 7.05 Å². The summed E-state index contributed by atoms with van der Waals surface area (Å²) in [5, 5.41) is 11.4. The molecule has 0 unspecified atom stereocenters. The predicted octanol–water partition coefficient (Wildman–Crippen LogP) is 4.61. The van der Waals surface area contributed by atoms with Crippen LogP contribution in [0.4, 0.5) is 18.9 Å². The highest BCUT2D eigenvalue weighted by atomic mass is 35.5. The molecule has 0 bridgehead atoms. The average Bonchev–Trinajstić information content (AvgIpc) is 2.65. The molecule has 3 aromatic rings. The van der Waals surface area contributed by atoms with E-state index in [2.05, 4.69) is 4.74 Å². The Morgan fingerprint density at radius 3 is 2.41 bits per heavy atom. The molecule has 10 heteroatoms. The largest absolute Gasteiger partial charge is 0.573 e. The van der Waals surface area contributed by atoms with Crippen molar-refractivity contribution >= 4 is 45.4 Å². The maximum atomic E-state index is 12.8. The standard InChI is InChI=1S/C19H14ClF3N2O3S/c1-24(11-4-6-12(7-5-11)28-19(21,22)23)18(29)15-16(26)13-9-10(20)3-8-14(13)25(2)17(15)27/h3-9,26H,1-2H3.